The Morgan fingerprint density at radius 1 is 1.50 bits per heavy atom. The Morgan fingerprint density at radius 3 is 2.57 bits per heavy atom. The molecule has 3 N–H and O–H groups in total. The number of hydrogen-bond donors (Lipinski definition) is 2. The molecule has 0 saturated heterocycles. The van der Waals surface area contributed by atoms with Gasteiger partial charge in [-0.25, -0.2) is 13.1 Å². The van der Waals surface area contributed by atoms with Crippen molar-refractivity contribution in [3.8, 4) is 0 Å². The first-order valence-corrected chi connectivity index (χ1v) is 6.79. The number of sulfonamides is 1. The molecule has 1 rings (SSSR count). The third kappa shape index (κ3) is 3.22. The highest BCUT2D eigenvalue weighted by Gasteiger charge is 2.21. The zero-order valence-electron chi connectivity index (χ0n) is 8.70. The van der Waals surface area contributed by atoms with Crippen molar-refractivity contribution >= 4 is 10.0 Å². The minimum Gasteiger partial charge on any atom is -0.329 e. The zero-order chi connectivity index (χ0) is 10.6. The SMILES string of the molecule is CC(CN)S(=O)(=O)NCCC1CCC1. The number of rotatable bonds is 6. The van der Waals surface area contributed by atoms with Crippen LogP contribution < -0.4 is 10.5 Å². The Bertz CT molecular complexity index is 260. The van der Waals surface area contributed by atoms with Gasteiger partial charge in [0, 0.05) is 13.1 Å². The topological polar surface area (TPSA) is 72.2 Å². The minimum atomic E-state index is -3.17. The predicted octanol–water partition coefficient (Wildman–Crippen LogP) is 0.443. The molecular weight excluding hydrogens is 200 g/mol. The average Bonchev–Trinajstić information content (AvgIpc) is 2.08. The first-order valence-electron chi connectivity index (χ1n) is 5.25. The molecular formula is C9H20N2O2S. The van der Waals surface area contributed by atoms with Crippen LogP contribution in [0.3, 0.4) is 0 Å². The molecule has 0 bridgehead atoms. The fraction of sp³-hybridized carbons (Fsp3) is 1.00. The van der Waals surface area contributed by atoms with Crippen LogP contribution in [0.2, 0.25) is 0 Å². The summed E-state index contributed by atoms with van der Waals surface area (Å²) in [5, 5.41) is -0.483. The van der Waals surface area contributed by atoms with E-state index >= 15 is 0 Å². The van der Waals surface area contributed by atoms with Gasteiger partial charge in [-0.05, 0) is 19.3 Å². The Morgan fingerprint density at radius 2 is 2.14 bits per heavy atom. The number of hydrogen-bond acceptors (Lipinski definition) is 3. The molecule has 5 heteroatoms. The third-order valence-corrected chi connectivity index (χ3v) is 4.80. The summed E-state index contributed by atoms with van der Waals surface area (Å²) in [4.78, 5) is 0. The monoisotopic (exact) mass is 220 g/mol. The van der Waals surface area contributed by atoms with E-state index in [1.807, 2.05) is 0 Å². The van der Waals surface area contributed by atoms with Gasteiger partial charge in [-0.1, -0.05) is 19.3 Å². The Labute approximate surface area is 86.3 Å². The van der Waals surface area contributed by atoms with E-state index in [2.05, 4.69) is 4.72 Å². The van der Waals surface area contributed by atoms with Gasteiger partial charge >= 0.3 is 0 Å². The molecule has 4 nitrogen and oxygen atoms in total. The summed E-state index contributed by atoms with van der Waals surface area (Å²) in [7, 11) is -3.17. The van der Waals surface area contributed by atoms with Crippen molar-refractivity contribution in [3.05, 3.63) is 0 Å². The van der Waals surface area contributed by atoms with Crippen LogP contribution in [0.5, 0.6) is 0 Å². The van der Waals surface area contributed by atoms with Crippen LogP contribution >= 0.6 is 0 Å². The minimum absolute atomic E-state index is 0.179. The van der Waals surface area contributed by atoms with E-state index in [1.165, 1.54) is 19.3 Å². The molecule has 0 heterocycles. The van der Waals surface area contributed by atoms with Gasteiger partial charge in [0.2, 0.25) is 10.0 Å². The molecule has 14 heavy (non-hydrogen) atoms. The lowest BCUT2D eigenvalue weighted by atomic mass is 9.83. The summed E-state index contributed by atoms with van der Waals surface area (Å²) >= 11 is 0. The van der Waals surface area contributed by atoms with Gasteiger partial charge in [0.25, 0.3) is 0 Å². The van der Waals surface area contributed by atoms with Crippen LogP contribution in [0.15, 0.2) is 0 Å². The van der Waals surface area contributed by atoms with E-state index in [9.17, 15) is 8.42 Å². The van der Waals surface area contributed by atoms with Crippen LogP contribution in [-0.4, -0.2) is 26.8 Å². The highest BCUT2D eigenvalue weighted by molar-refractivity contribution is 7.90. The van der Waals surface area contributed by atoms with E-state index in [0.29, 0.717) is 6.54 Å². The summed E-state index contributed by atoms with van der Waals surface area (Å²) in [5.74, 6) is 0.742. The molecule has 1 saturated carbocycles. The Kier molecular flexibility index (Phi) is 4.34. The molecule has 1 atom stereocenters. The van der Waals surface area contributed by atoms with Crippen LogP contribution in [0, 0.1) is 5.92 Å². The van der Waals surface area contributed by atoms with E-state index in [-0.39, 0.29) is 6.54 Å². The van der Waals surface area contributed by atoms with Gasteiger partial charge in [-0.3, -0.25) is 0 Å². The normalized spacial score (nSPS) is 20.4. The molecule has 1 aliphatic rings. The fourth-order valence-electron chi connectivity index (χ4n) is 1.46. The summed E-state index contributed by atoms with van der Waals surface area (Å²) in [5.41, 5.74) is 5.31. The van der Waals surface area contributed by atoms with Gasteiger partial charge < -0.3 is 5.73 Å². The maximum atomic E-state index is 11.5. The second kappa shape index (κ2) is 5.09. The van der Waals surface area contributed by atoms with E-state index in [0.717, 1.165) is 12.3 Å². The van der Waals surface area contributed by atoms with Gasteiger partial charge in [0.15, 0.2) is 0 Å². The fourth-order valence-corrected chi connectivity index (χ4v) is 2.40. The average molecular weight is 220 g/mol. The molecule has 0 radical (unpaired) electrons. The highest BCUT2D eigenvalue weighted by atomic mass is 32.2. The summed E-state index contributed by atoms with van der Waals surface area (Å²) in [6.07, 6.45) is 4.79. The third-order valence-electron chi connectivity index (χ3n) is 2.94. The van der Waals surface area contributed by atoms with E-state index in [1.54, 1.807) is 6.92 Å². The summed E-state index contributed by atoms with van der Waals surface area (Å²) in [6, 6.07) is 0. The lowest BCUT2D eigenvalue weighted by Gasteiger charge is -2.25. The molecule has 1 fully saturated rings. The second-order valence-electron chi connectivity index (χ2n) is 4.07. The maximum Gasteiger partial charge on any atom is 0.215 e. The summed E-state index contributed by atoms with van der Waals surface area (Å²) in [6.45, 7) is 2.38. The lowest BCUT2D eigenvalue weighted by Crippen LogP contribution is -2.38. The van der Waals surface area contributed by atoms with Crippen molar-refractivity contribution in [3.63, 3.8) is 0 Å². The molecule has 1 unspecified atom stereocenters. The molecule has 0 aliphatic heterocycles. The van der Waals surface area contributed by atoms with Gasteiger partial charge in [-0.15, -0.1) is 0 Å². The maximum absolute atomic E-state index is 11.5. The smallest absolute Gasteiger partial charge is 0.215 e. The zero-order valence-corrected chi connectivity index (χ0v) is 9.52. The first kappa shape index (κ1) is 11.9. The van der Waals surface area contributed by atoms with Crippen molar-refractivity contribution in [1.29, 1.82) is 0 Å². The summed E-state index contributed by atoms with van der Waals surface area (Å²) < 4.78 is 25.5. The lowest BCUT2D eigenvalue weighted by molar-refractivity contribution is 0.297. The van der Waals surface area contributed by atoms with Crippen molar-refractivity contribution in [2.45, 2.75) is 37.9 Å². The van der Waals surface area contributed by atoms with Gasteiger partial charge in [-0.2, -0.15) is 0 Å². The van der Waals surface area contributed by atoms with Crippen molar-refractivity contribution < 1.29 is 8.42 Å². The molecule has 0 aromatic rings. The molecule has 1 aliphatic carbocycles. The largest absolute Gasteiger partial charge is 0.329 e. The molecule has 0 aromatic carbocycles. The van der Waals surface area contributed by atoms with E-state index < -0.39 is 15.3 Å². The Hall–Kier alpha value is -0.130. The first-order chi connectivity index (χ1) is 6.56. The molecule has 0 amide bonds. The van der Waals surface area contributed by atoms with Crippen LogP contribution in [0.1, 0.15) is 32.6 Å². The van der Waals surface area contributed by atoms with Gasteiger partial charge in [0.1, 0.15) is 0 Å². The van der Waals surface area contributed by atoms with Gasteiger partial charge in [0.05, 0.1) is 5.25 Å². The second-order valence-corrected chi connectivity index (χ2v) is 6.25. The van der Waals surface area contributed by atoms with Crippen LogP contribution in [-0.2, 0) is 10.0 Å². The molecule has 0 aromatic heterocycles. The van der Waals surface area contributed by atoms with Crippen molar-refractivity contribution in [2.24, 2.45) is 11.7 Å². The van der Waals surface area contributed by atoms with E-state index in [4.69, 9.17) is 5.73 Å². The standard InChI is InChI=1S/C9H20N2O2S/c1-8(7-10)14(12,13)11-6-5-9-3-2-4-9/h8-9,11H,2-7,10H2,1H3. The molecule has 84 valence electrons. The van der Waals surface area contributed by atoms with Crippen molar-refractivity contribution in [2.75, 3.05) is 13.1 Å². The highest BCUT2D eigenvalue weighted by Crippen LogP contribution is 2.28. The predicted molar refractivity (Wildman–Crippen MR) is 57.4 cm³/mol. The van der Waals surface area contributed by atoms with Crippen molar-refractivity contribution in [1.82, 2.24) is 4.72 Å². The van der Waals surface area contributed by atoms with Crippen LogP contribution in [0.25, 0.3) is 0 Å². The quantitative estimate of drug-likeness (QED) is 0.682. The Balaban J connectivity index is 2.21. The number of nitrogens with one attached hydrogen (secondary N) is 1. The molecule has 0 spiro atoms. The van der Waals surface area contributed by atoms with Crippen LogP contribution in [0.4, 0.5) is 0 Å². The number of nitrogens with two attached hydrogens (primary N) is 1.